The summed E-state index contributed by atoms with van der Waals surface area (Å²) in [5.74, 6) is 0.481. The van der Waals surface area contributed by atoms with Gasteiger partial charge in [-0.1, -0.05) is 0 Å². The molecule has 4 heterocycles. The highest BCUT2D eigenvalue weighted by Gasteiger charge is 2.32. The third-order valence-electron chi connectivity index (χ3n) is 6.45. The standard InChI is InChI=1S/C26H35N9O2/c1-15-14-34(10-11-35(15)25(36)37-26(4,5)6)21-12-20-19(8-9-33(20)7)31-22(21)17(3)29-23-18(13-27)16(2)30-24(28)32-23/h8-9,12,15,17H,10-11,14H2,1-7H3,(H3,28,29,30,32). The number of amides is 1. The average molecular weight is 506 g/mol. The molecule has 2 atom stereocenters. The van der Waals surface area contributed by atoms with E-state index in [4.69, 9.17) is 15.5 Å². The fourth-order valence-electron chi connectivity index (χ4n) is 4.64. The van der Waals surface area contributed by atoms with E-state index < -0.39 is 5.60 Å². The maximum absolute atomic E-state index is 12.8. The number of carbonyl (C=O) groups excluding carboxylic acids is 1. The molecule has 196 valence electrons. The minimum absolute atomic E-state index is 0.0571. The van der Waals surface area contributed by atoms with Gasteiger partial charge in [0.15, 0.2) is 0 Å². The molecule has 2 unspecified atom stereocenters. The van der Waals surface area contributed by atoms with Crippen LogP contribution in [0, 0.1) is 18.3 Å². The number of nitrogens with zero attached hydrogens (tertiary/aromatic N) is 7. The number of nitrogen functional groups attached to an aromatic ring is 1. The Labute approximate surface area is 217 Å². The van der Waals surface area contributed by atoms with Crippen molar-refractivity contribution < 1.29 is 9.53 Å². The van der Waals surface area contributed by atoms with Crippen LogP contribution in [0.5, 0.6) is 0 Å². The van der Waals surface area contributed by atoms with E-state index in [1.165, 1.54) is 0 Å². The molecule has 4 rings (SSSR count). The van der Waals surface area contributed by atoms with Crippen molar-refractivity contribution in [2.45, 2.75) is 59.2 Å². The highest BCUT2D eigenvalue weighted by molar-refractivity contribution is 5.81. The number of nitriles is 1. The molecule has 0 saturated carbocycles. The Morgan fingerprint density at radius 1 is 1.30 bits per heavy atom. The van der Waals surface area contributed by atoms with Crippen LogP contribution in [0.3, 0.4) is 0 Å². The molecule has 0 bridgehead atoms. The van der Waals surface area contributed by atoms with Gasteiger partial charge in [-0.05, 0) is 53.7 Å². The van der Waals surface area contributed by atoms with E-state index in [2.05, 4.69) is 32.3 Å². The van der Waals surface area contributed by atoms with Crippen LogP contribution in [0.2, 0.25) is 0 Å². The number of rotatable bonds is 4. The summed E-state index contributed by atoms with van der Waals surface area (Å²) in [4.78, 5) is 30.2. The first-order valence-electron chi connectivity index (χ1n) is 12.4. The quantitative estimate of drug-likeness (QED) is 0.543. The first kappa shape index (κ1) is 26.0. The molecule has 0 radical (unpaired) electrons. The largest absolute Gasteiger partial charge is 0.444 e. The number of fused-ring (bicyclic) bond motifs is 1. The summed E-state index contributed by atoms with van der Waals surface area (Å²) in [5.41, 5.74) is 9.84. The van der Waals surface area contributed by atoms with Crippen LogP contribution >= 0.6 is 0 Å². The molecular formula is C26H35N9O2. The van der Waals surface area contributed by atoms with Gasteiger partial charge in [-0.25, -0.2) is 14.8 Å². The van der Waals surface area contributed by atoms with Gasteiger partial charge in [0.2, 0.25) is 5.95 Å². The number of aryl methyl sites for hydroxylation is 2. The Morgan fingerprint density at radius 2 is 2.03 bits per heavy atom. The molecule has 37 heavy (non-hydrogen) atoms. The van der Waals surface area contributed by atoms with Gasteiger partial charge < -0.3 is 30.2 Å². The average Bonchev–Trinajstić information content (AvgIpc) is 3.16. The van der Waals surface area contributed by atoms with Crippen molar-refractivity contribution in [2.24, 2.45) is 7.05 Å². The molecule has 1 aliphatic heterocycles. The second-order valence-corrected chi connectivity index (χ2v) is 10.6. The lowest BCUT2D eigenvalue weighted by Gasteiger charge is -2.42. The number of hydrogen-bond acceptors (Lipinski definition) is 9. The van der Waals surface area contributed by atoms with E-state index >= 15 is 0 Å². The molecule has 3 aromatic heterocycles. The van der Waals surface area contributed by atoms with Gasteiger partial charge in [-0.3, -0.25) is 0 Å². The zero-order valence-corrected chi connectivity index (χ0v) is 22.5. The lowest BCUT2D eigenvalue weighted by Crippen LogP contribution is -2.55. The molecule has 3 N–H and O–H groups in total. The Kier molecular flexibility index (Phi) is 6.86. The molecular weight excluding hydrogens is 470 g/mol. The first-order chi connectivity index (χ1) is 17.4. The Morgan fingerprint density at radius 3 is 2.68 bits per heavy atom. The zero-order chi connectivity index (χ0) is 27.1. The summed E-state index contributed by atoms with van der Waals surface area (Å²) in [7, 11) is 1.99. The van der Waals surface area contributed by atoms with E-state index in [-0.39, 0.29) is 24.1 Å². The summed E-state index contributed by atoms with van der Waals surface area (Å²) in [6, 6.07) is 5.93. The van der Waals surface area contributed by atoms with Crippen LogP contribution in [0.25, 0.3) is 11.0 Å². The number of piperazine rings is 1. The van der Waals surface area contributed by atoms with Crippen LogP contribution in [-0.4, -0.2) is 61.8 Å². The molecule has 3 aromatic rings. The summed E-state index contributed by atoms with van der Waals surface area (Å²) in [6.07, 6.45) is 1.68. The van der Waals surface area contributed by atoms with E-state index in [9.17, 15) is 10.1 Å². The summed E-state index contributed by atoms with van der Waals surface area (Å²) in [5, 5.41) is 13.0. The molecule has 0 aromatic carbocycles. The SMILES string of the molecule is Cc1nc(N)nc(NC(C)c2nc3ccn(C)c3cc2N2CCN(C(=O)OC(C)(C)C)C(C)C2)c1C#N. The smallest absolute Gasteiger partial charge is 0.410 e. The summed E-state index contributed by atoms with van der Waals surface area (Å²) in [6.45, 7) is 13.1. The number of anilines is 3. The van der Waals surface area contributed by atoms with Crippen molar-refractivity contribution in [3.05, 3.63) is 35.3 Å². The fourth-order valence-corrected chi connectivity index (χ4v) is 4.64. The Hall–Kier alpha value is -4.07. The van der Waals surface area contributed by atoms with Gasteiger partial charge >= 0.3 is 6.09 Å². The second-order valence-electron chi connectivity index (χ2n) is 10.6. The number of aromatic nitrogens is 4. The van der Waals surface area contributed by atoms with Crippen molar-refractivity contribution >= 4 is 34.6 Å². The normalized spacial score (nSPS) is 17.0. The van der Waals surface area contributed by atoms with Crippen LogP contribution in [0.15, 0.2) is 18.3 Å². The predicted octanol–water partition coefficient (Wildman–Crippen LogP) is 3.74. The lowest BCUT2D eigenvalue weighted by atomic mass is 10.1. The maximum atomic E-state index is 12.8. The zero-order valence-electron chi connectivity index (χ0n) is 22.5. The van der Waals surface area contributed by atoms with Crippen molar-refractivity contribution in [2.75, 3.05) is 35.6 Å². The monoisotopic (exact) mass is 505 g/mol. The minimum atomic E-state index is -0.547. The molecule has 1 aliphatic rings. The van der Waals surface area contributed by atoms with Crippen molar-refractivity contribution in [1.82, 2.24) is 24.4 Å². The van der Waals surface area contributed by atoms with Crippen LogP contribution in [0.1, 0.15) is 57.6 Å². The molecule has 0 spiro atoms. The van der Waals surface area contributed by atoms with Gasteiger partial charge in [0.05, 0.1) is 34.2 Å². The van der Waals surface area contributed by atoms with E-state index in [0.717, 1.165) is 22.4 Å². The number of pyridine rings is 1. The third kappa shape index (κ3) is 5.38. The Balaban J connectivity index is 1.67. The van der Waals surface area contributed by atoms with Crippen LogP contribution in [-0.2, 0) is 11.8 Å². The van der Waals surface area contributed by atoms with E-state index in [1.807, 2.05) is 58.5 Å². The maximum Gasteiger partial charge on any atom is 0.410 e. The van der Waals surface area contributed by atoms with Crippen LogP contribution in [0.4, 0.5) is 22.2 Å². The predicted molar refractivity (Wildman–Crippen MR) is 143 cm³/mol. The van der Waals surface area contributed by atoms with Crippen molar-refractivity contribution in [3.8, 4) is 6.07 Å². The lowest BCUT2D eigenvalue weighted by molar-refractivity contribution is 0.0159. The number of nitrogens with two attached hydrogens (primary N) is 1. The third-order valence-corrected chi connectivity index (χ3v) is 6.45. The number of carbonyl (C=O) groups is 1. The van der Waals surface area contributed by atoms with Crippen molar-refractivity contribution in [1.29, 1.82) is 5.26 Å². The minimum Gasteiger partial charge on any atom is -0.444 e. The van der Waals surface area contributed by atoms with E-state index in [1.54, 1.807) is 11.8 Å². The number of hydrogen-bond donors (Lipinski definition) is 2. The van der Waals surface area contributed by atoms with Gasteiger partial charge in [-0.15, -0.1) is 0 Å². The van der Waals surface area contributed by atoms with Gasteiger partial charge in [0.25, 0.3) is 0 Å². The molecule has 0 aliphatic carbocycles. The summed E-state index contributed by atoms with van der Waals surface area (Å²) < 4.78 is 7.65. The molecule has 1 saturated heterocycles. The highest BCUT2D eigenvalue weighted by Crippen LogP contribution is 2.33. The van der Waals surface area contributed by atoms with Crippen molar-refractivity contribution in [3.63, 3.8) is 0 Å². The molecule has 11 nitrogen and oxygen atoms in total. The first-order valence-corrected chi connectivity index (χ1v) is 12.4. The molecule has 1 fully saturated rings. The second kappa shape index (κ2) is 9.76. The van der Waals surface area contributed by atoms with Gasteiger partial charge in [0, 0.05) is 38.9 Å². The van der Waals surface area contributed by atoms with Crippen LogP contribution < -0.4 is 16.0 Å². The highest BCUT2D eigenvalue weighted by atomic mass is 16.6. The topological polar surface area (TPSA) is 138 Å². The van der Waals surface area contributed by atoms with Gasteiger partial charge in [0.1, 0.15) is 23.1 Å². The van der Waals surface area contributed by atoms with Gasteiger partial charge in [-0.2, -0.15) is 10.2 Å². The number of nitrogens with one attached hydrogen (secondary N) is 1. The molecule has 11 heteroatoms. The fraction of sp³-hybridized carbons (Fsp3) is 0.500. The summed E-state index contributed by atoms with van der Waals surface area (Å²) >= 11 is 0. The molecule has 1 amide bonds. The van der Waals surface area contributed by atoms with E-state index in [0.29, 0.717) is 36.7 Å². The number of ether oxygens (including phenoxy) is 1. The Bertz CT molecular complexity index is 1370.